The van der Waals surface area contributed by atoms with E-state index in [1.165, 1.54) is 6.92 Å². The highest BCUT2D eigenvalue weighted by Crippen LogP contribution is 2.12. The summed E-state index contributed by atoms with van der Waals surface area (Å²) in [5, 5.41) is 5.52. The Bertz CT molecular complexity index is 554. The van der Waals surface area contributed by atoms with Gasteiger partial charge >= 0.3 is 0 Å². The van der Waals surface area contributed by atoms with Crippen LogP contribution in [0.4, 0.5) is 5.69 Å². The van der Waals surface area contributed by atoms with Gasteiger partial charge in [0.25, 0.3) is 0 Å². The molecule has 0 bridgehead atoms. The number of carbonyl (C=O) groups excluding carboxylic acids is 3. The first-order chi connectivity index (χ1) is 9.97. The highest BCUT2D eigenvalue weighted by molar-refractivity contribution is 5.97. The van der Waals surface area contributed by atoms with Crippen molar-refractivity contribution in [3.63, 3.8) is 0 Å². The summed E-state index contributed by atoms with van der Waals surface area (Å²) in [7, 11) is 0. The van der Waals surface area contributed by atoms with Crippen LogP contribution in [0.2, 0.25) is 0 Å². The van der Waals surface area contributed by atoms with Crippen LogP contribution in [-0.2, 0) is 9.59 Å². The number of ketones is 1. The zero-order valence-corrected chi connectivity index (χ0v) is 12.2. The SMILES string of the molecule is CC(=O)c1ccc(NC(=O)[C@H](C)N2CCNC(=O)C2)cc1. The van der Waals surface area contributed by atoms with Gasteiger partial charge < -0.3 is 10.6 Å². The van der Waals surface area contributed by atoms with Crippen molar-refractivity contribution in [2.24, 2.45) is 0 Å². The van der Waals surface area contributed by atoms with Gasteiger partial charge in [0.1, 0.15) is 0 Å². The number of piperazine rings is 1. The lowest BCUT2D eigenvalue weighted by Gasteiger charge is -2.31. The molecule has 1 aromatic rings. The van der Waals surface area contributed by atoms with Crippen LogP contribution in [0.1, 0.15) is 24.2 Å². The van der Waals surface area contributed by atoms with Crippen molar-refractivity contribution in [1.82, 2.24) is 10.2 Å². The molecule has 6 nitrogen and oxygen atoms in total. The molecular weight excluding hydrogens is 270 g/mol. The molecule has 112 valence electrons. The van der Waals surface area contributed by atoms with Gasteiger partial charge in [0.05, 0.1) is 12.6 Å². The average Bonchev–Trinajstić information content (AvgIpc) is 2.47. The number of Topliss-reactive ketones (excluding diaryl/α,β-unsaturated/α-hetero) is 1. The van der Waals surface area contributed by atoms with Gasteiger partial charge in [-0.1, -0.05) is 0 Å². The maximum atomic E-state index is 12.2. The zero-order chi connectivity index (χ0) is 15.4. The summed E-state index contributed by atoms with van der Waals surface area (Å²) in [6, 6.07) is 6.37. The summed E-state index contributed by atoms with van der Waals surface area (Å²) in [5.74, 6) is -0.243. The number of nitrogens with one attached hydrogen (secondary N) is 2. The third-order valence-corrected chi connectivity index (χ3v) is 3.55. The fourth-order valence-corrected chi connectivity index (χ4v) is 2.19. The van der Waals surface area contributed by atoms with Crippen molar-refractivity contribution in [3.8, 4) is 0 Å². The predicted molar refractivity (Wildman–Crippen MR) is 79.1 cm³/mol. The Morgan fingerprint density at radius 2 is 1.95 bits per heavy atom. The molecule has 1 saturated heterocycles. The van der Waals surface area contributed by atoms with Crippen LogP contribution in [0.15, 0.2) is 24.3 Å². The van der Waals surface area contributed by atoms with E-state index in [0.29, 0.717) is 24.3 Å². The van der Waals surface area contributed by atoms with Crippen LogP contribution in [0.25, 0.3) is 0 Å². The van der Waals surface area contributed by atoms with Gasteiger partial charge in [-0.2, -0.15) is 0 Å². The van der Waals surface area contributed by atoms with E-state index in [0.717, 1.165) is 0 Å². The van der Waals surface area contributed by atoms with E-state index < -0.39 is 0 Å². The highest BCUT2D eigenvalue weighted by atomic mass is 16.2. The minimum absolute atomic E-state index is 0.0134. The van der Waals surface area contributed by atoms with E-state index in [1.54, 1.807) is 31.2 Å². The highest BCUT2D eigenvalue weighted by Gasteiger charge is 2.25. The summed E-state index contributed by atoms with van der Waals surface area (Å²) in [6.07, 6.45) is 0. The molecule has 2 N–H and O–H groups in total. The minimum atomic E-state index is -0.386. The first-order valence-electron chi connectivity index (χ1n) is 6.90. The summed E-state index contributed by atoms with van der Waals surface area (Å²) in [4.78, 5) is 36.6. The molecule has 0 saturated carbocycles. The number of carbonyl (C=O) groups is 3. The summed E-state index contributed by atoms with van der Waals surface area (Å²) >= 11 is 0. The molecule has 0 aliphatic carbocycles. The second-order valence-electron chi connectivity index (χ2n) is 5.12. The van der Waals surface area contributed by atoms with Crippen LogP contribution in [0.5, 0.6) is 0 Å². The van der Waals surface area contributed by atoms with Crippen LogP contribution >= 0.6 is 0 Å². The minimum Gasteiger partial charge on any atom is -0.354 e. The van der Waals surface area contributed by atoms with Crippen LogP contribution in [0.3, 0.4) is 0 Å². The third kappa shape index (κ3) is 3.88. The third-order valence-electron chi connectivity index (χ3n) is 3.55. The van der Waals surface area contributed by atoms with Crippen molar-refractivity contribution in [2.45, 2.75) is 19.9 Å². The largest absolute Gasteiger partial charge is 0.354 e. The molecule has 21 heavy (non-hydrogen) atoms. The quantitative estimate of drug-likeness (QED) is 0.798. The van der Waals surface area contributed by atoms with Crippen molar-refractivity contribution in [2.75, 3.05) is 25.0 Å². The van der Waals surface area contributed by atoms with Crippen molar-refractivity contribution < 1.29 is 14.4 Å². The molecule has 1 aliphatic heterocycles. The lowest BCUT2D eigenvalue weighted by molar-refractivity contribution is -0.127. The van der Waals surface area contributed by atoms with Crippen molar-refractivity contribution in [3.05, 3.63) is 29.8 Å². The van der Waals surface area contributed by atoms with Crippen LogP contribution < -0.4 is 10.6 Å². The van der Waals surface area contributed by atoms with Gasteiger partial charge in [-0.15, -0.1) is 0 Å². The number of amides is 2. The van der Waals surface area contributed by atoms with Gasteiger partial charge in [0.2, 0.25) is 11.8 Å². The Morgan fingerprint density at radius 1 is 1.29 bits per heavy atom. The number of anilines is 1. The Kier molecular flexibility index (Phi) is 4.70. The lowest BCUT2D eigenvalue weighted by atomic mass is 10.1. The molecule has 1 aromatic carbocycles. The standard InChI is InChI=1S/C15H19N3O3/c1-10(18-8-7-16-14(20)9-18)15(21)17-13-5-3-12(4-6-13)11(2)19/h3-6,10H,7-9H2,1-2H3,(H,16,20)(H,17,21)/t10-/m0/s1. The summed E-state index contributed by atoms with van der Waals surface area (Å²) in [5.41, 5.74) is 1.24. The topological polar surface area (TPSA) is 78.5 Å². The number of nitrogens with zero attached hydrogens (tertiary/aromatic N) is 1. The van der Waals surface area contributed by atoms with Gasteiger partial charge in [0.15, 0.2) is 5.78 Å². The first kappa shape index (κ1) is 15.2. The van der Waals surface area contributed by atoms with Crippen LogP contribution in [0, 0.1) is 0 Å². The zero-order valence-electron chi connectivity index (χ0n) is 12.2. The summed E-state index contributed by atoms with van der Waals surface area (Å²) < 4.78 is 0. The Labute approximate surface area is 123 Å². The number of rotatable bonds is 4. The average molecular weight is 289 g/mol. The van der Waals surface area contributed by atoms with Gasteiger partial charge in [0, 0.05) is 24.3 Å². The van der Waals surface area contributed by atoms with E-state index >= 15 is 0 Å². The fourth-order valence-electron chi connectivity index (χ4n) is 2.19. The van der Waals surface area contributed by atoms with Crippen molar-refractivity contribution in [1.29, 1.82) is 0 Å². The normalized spacial score (nSPS) is 17.0. The molecule has 0 radical (unpaired) electrons. The smallest absolute Gasteiger partial charge is 0.241 e. The molecule has 6 heteroatoms. The van der Waals surface area contributed by atoms with E-state index in [1.807, 2.05) is 4.90 Å². The van der Waals surface area contributed by atoms with E-state index in [9.17, 15) is 14.4 Å². The molecule has 1 atom stereocenters. The molecule has 1 heterocycles. The van der Waals surface area contributed by atoms with Crippen LogP contribution in [-0.4, -0.2) is 48.2 Å². The number of benzene rings is 1. The summed E-state index contributed by atoms with van der Waals surface area (Å²) in [6.45, 7) is 4.72. The maximum Gasteiger partial charge on any atom is 0.241 e. The fraction of sp³-hybridized carbons (Fsp3) is 0.400. The second-order valence-corrected chi connectivity index (χ2v) is 5.12. The number of hydrogen-bond donors (Lipinski definition) is 2. The van der Waals surface area contributed by atoms with Gasteiger partial charge in [-0.3, -0.25) is 19.3 Å². The maximum absolute atomic E-state index is 12.2. The first-order valence-corrected chi connectivity index (χ1v) is 6.90. The molecule has 1 fully saturated rings. The molecular formula is C15H19N3O3. The predicted octanol–water partition coefficient (Wildman–Crippen LogP) is 0.648. The van der Waals surface area contributed by atoms with Gasteiger partial charge in [-0.05, 0) is 38.1 Å². The molecule has 0 unspecified atom stereocenters. The van der Waals surface area contributed by atoms with Gasteiger partial charge in [-0.25, -0.2) is 0 Å². The lowest BCUT2D eigenvalue weighted by Crippen LogP contribution is -2.53. The molecule has 1 aliphatic rings. The second kappa shape index (κ2) is 6.49. The van der Waals surface area contributed by atoms with E-state index in [4.69, 9.17) is 0 Å². The monoisotopic (exact) mass is 289 g/mol. The molecule has 0 spiro atoms. The molecule has 2 amide bonds. The number of hydrogen-bond acceptors (Lipinski definition) is 4. The van der Waals surface area contributed by atoms with E-state index in [2.05, 4.69) is 10.6 Å². The Balaban J connectivity index is 1.96. The molecule has 2 rings (SSSR count). The van der Waals surface area contributed by atoms with Crippen molar-refractivity contribution >= 4 is 23.3 Å². The molecule has 0 aromatic heterocycles. The Hall–Kier alpha value is -2.21. The Morgan fingerprint density at radius 3 is 2.52 bits per heavy atom. The van der Waals surface area contributed by atoms with E-state index in [-0.39, 0.29) is 30.2 Å².